The Bertz CT molecular complexity index is 233. The van der Waals surface area contributed by atoms with Crippen molar-refractivity contribution in [1.82, 2.24) is 0 Å². The molecular weight excluding hydrogens is 150 g/mol. The predicted octanol–water partition coefficient (Wildman–Crippen LogP) is 2.34. The van der Waals surface area contributed by atoms with Crippen LogP contribution in [0.15, 0.2) is 15.7 Å². The SMILES string of the molecule is CSc1sccc1C#N. The molecule has 9 heavy (non-hydrogen) atoms. The molecule has 0 saturated carbocycles. The van der Waals surface area contributed by atoms with Gasteiger partial charge in [0.05, 0.1) is 9.77 Å². The third-order valence-corrected chi connectivity index (χ3v) is 3.02. The first-order valence-corrected chi connectivity index (χ1v) is 4.50. The van der Waals surface area contributed by atoms with Crippen LogP contribution in [0.2, 0.25) is 0 Å². The van der Waals surface area contributed by atoms with Gasteiger partial charge in [-0.3, -0.25) is 0 Å². The molecule has 0 aliphatic rings. The first-order valence-electron chi connectivity index (χ1n) is 2.40. The summed E-state index contributed by atoms with van der Waals surface area (Å²) in [4.78, 5) is 0. The van der Waals surface area contributed by atoms with Crippen LogP contribution in [0.25, 0.3) is 0 Å². The maximum absolute atomic E-state index is 8.48. The minimum atomic E-state index is 0.799. The number of nitrogens with zero attached hydrogens (tertiary/aromatic N) is 1. The number of nitriles is 1. The zero-order valence-electron chi connectivity index (χ0n) is 4.92. The molecule has 0 bridgehead atoms. The molecule has 0 atom stereocenters. The van der Waals surface area contributed by atoms with Gasteiger partial charge in [0.15, 0.2) is 0 Å². The van der Waals surface area contributed by atoms with Crippen LogP contribution < -0.4 is 0 Å². The Balaban J connectivity index is 3.02. The summed E-state index contributed by atoms with van der Waals surface area (Å²) in [6, 6.07) is 3.96. The summed E-state index contributed by atoms with van der Waals surface area (Å²) in [6.07, 6.45) is 1.98. The molecule has 0 aromatic carbocycles. The van der Waals surface area contributed by atoms with Crippen molar-refractivity contribution in [1.29, 1.82) is 5.26 Å². The quantitative estimate of drug-likeness (QED) is 0.581. The lowest BCUT2D eigenvalue weighted by Gasteiger charge is -1.84. The van der Waals surface area contributed by atoms with E-state index in [-0.39, 0.29) is 0 Å². The van der Waals surface area contributed by atoms with E-state index in [9.17, 15) is 0 Å². The molecule has 1 heterocycles. The summed E-state index contributed by atoms with van der Waals surface area (Å²) in [7, 11) is 0. The monoisotopic (exact) mass is 155 g/mol. The Morgan fingerprint density at radius 2 is 2.56 bits per heavy atom. The smallest absolute Gasteiger partial charge is 0.101 e. The van der Waals surface area contributed by atoms with E-state index in [1.54, 1.807) is 23.1 Å². The topological polar surface area (TPSA) is 23.8 Å². The lowest BCUT2D eigenvalue weighted by atomic mass is 10.4. The van der Waals surface area contributed by atoms with Crippen LogP contribution in [0.1, 0.15) is 5.56 Å². The van der Waals surface area contributed by atoms with Gasteiger partial charge in [0.25, 0.3) is 0 Å². The molecule has 0 saturated heterocycles. The van der Waals surface area contributed by atoms with Gasteiger partial charge in [0.1, 0.15) is 6.07 Å². The van der Waals surface area contributed by atoms with Crippen molar-refractivity contribution in [2.45, 2.75) is 4.21 Å². The standard InChI is InChI=1S/C6H5NS2/c1-8-6-5(4-7)2-3-9-6/h2-3H,1H3. The summed E-state index contributed by atoms with van der Waals surface area (Å²) >= 11 is 3.24. The fraction of sp³-hybridized carbons (Fsp3) is 0.167. The first kappa shape index (κ1) is 6.66. The van der Waals surface area contributed by atoms with Crippen molar-refractivity contribution in [3.8, 4) is 6.07 Å². The van der Waals surface area contributed by atoms with E-state index in [1.807, 2.05) is 17.7 Å². The second-order valence-electron chi connectivity index (χ2n) is 1.44. The molecule has 0 fully saturated rings. The van der Waals surface area contributed by atoms with Crippen LogP contribution in [-0.4, -0.2) is 6.26 Å². The summed E-state index contributed by atoms with van der Waals surface area (Å²) in [5.41, 5.74) is 0.799. The molecule has 1 nitrogen and oxygen atoms in total. The molecular formula is C6H5NS2. The van der Waals surface area contributed by atoms with Gasteiger partial charge in [-0.15, -0.1) is 23.1 Å². The molecule has 0 unspecified atom stereocenters. The number of hydrogen-bond donors (Lipinski definition) is 0. The van der Waals surface area contributed by atoms with Crippen molar-refractivity contribution in [3.63, 3.8) is 0 Å². The van der Waals surface area contributed by atoms with Crippen LogP contribution in [0.4, 0.5) is 0 Å². The molecule has 1 rings (SSSR count). The van der Waals surface area contributed by atoms with Gasteiger partial charge in [-0.2, -0.15) is 5.26 Å². The highest BCUT2D eigenvalue weighted by molar-refractivity contribution is 8.00. The molecule has 1 aromatic heterocycles. The van der Waals surface area contributed by atoms with E-state index in [0.29, 0.717) is 0 Å². The van der Waals surface area contributed by atoms with Gasteiger partial charge in [-0.05, 0) is 17.7 Å². The molecule has 0 radical (unpaired) electrons. The fourth-order valence-corrected chi connectivity index (χ4v) is 1.99. The average Bonchev–Trinajstić information content (AvgIpc) is 2.33. The highest BCUT2D eigenvalue weighted by Crippen LogP contribution is 2.25. The van der Waals surface area contributed by atoms with E-state index in [1.165, 1.54) is 0 Å². The van der Waals surface area contributed by atoms with Gasteiger partial charge < -0.3 is 0 Å². The lowest BCUT2D eigenvalue weighted by Crippen LogP contribution is -1.65. The van der Waals surface area contributed by atoms with Crippen LogP contribution in [0.3, 0.4) is 0 Å². The number of hydrogen-bond acceptors (Lipinski definition) is 3. The Kier molecular flexibility index (Phi) is 2.15. The van der Waals surface area contributed by atoms with E-state index in [4.69, 9.17) is 5.26 Å². The minimum absolute atomic E-state index is 0.799. The van der Waals surface area contributed by atoms with Crippen LogP contribution in [-0.2, 0) is 0 Å². The number of thiophene rings is 1. The number of thioether (sulfide) groups is 1. The van der Waals surface area contributed by atoms with E-state index < -0.39 is 0 Å². The zero-order chi connectivity index (χ0) is 6.69. The summed E-state index contributed by atoms with van der Waals surface area (Å²) in [6.45, 7) is 0. The molecule has 3 heteroatoms. The van der Waals surface area contributed by atoms with Gasteiger partial charge in [0, 0.05) is 0 Å². The Morgan fingerprint density at radius 3 is 3.00 bits per heavy atom. The normalized spacial score (nSPS) is 8.89. The maximum Gasteiger partial charge on any atom is 0.101 e. The highest BCUT2D eigenvalue weighted by Gasteiger charge is 1.98. The van der Waals surface area contributed by atoms with Gasteiger partial charge >= 0.3 is 0 Å². The molecule has 0 aliphatic heterocycles. The second-order valence-corrected chi connectivity index (χ2v) is 3.43. The summed E-state index contributed by atoms with van der Waals surface area (Å²) in [5.74, 6) is 0. The van der Waals surface area contributed by atoms with Crippen molar-refractivity contribution >= 4 is 23.1 Å². The van der Waals surface area contributed by atoms with E-state index >= 15 is 0 Å². The van der Waals surface area contributed by atoms with Gasteiger partial charge in [-0.25, -0.2) is 0 Å². The zero-order valence-corrected chi connectivity index (χ0v) is 6.55. The first-order chi connectivity index (χ1) is 4.38. The average molecular weight is 155 g/mol. The lowest BCUT2D eigenvalue weighted by molar-refractivity contribution is 1.47. The van der Waals surface area contributed by atoms with Crippen molar-refractivity contribution in [3.05, 3.63) is 17.0 Å². The third kappa shape index (κ3) is 1.26. The summed E-state index contributed by atoms with van der Waals surface area (Å²) in [5, 5.41) is 10.4. The largest absolute Gasteiger partial charge is 0.192 e. The van der Waals surface area contributed by atoms with Gasteiger partial charge in [0.2, 0.25) is 0 Å². The summed E-state index contributed by atoms with van der Waals surface area (Å²) < 4.78 is 1.11. The molecule has 0 spiro atoms. The van der Waals surface area contributed by atoms with Crippen molar-refractivity contribution in [2.24, 2.45) is 0 Å². The Hall–Kier alpha value is -0.460. The Morgan fingerprint density at radius 1 is 1.78 bits per heavy atom. The van der Waals surface area contributed by atoms with Crippen LogP contribution in [0.5, 0.6) is 0 Å². The van der Waals surface area contributed by atoms with Crippen molar-refractivity contribution in [2.75, 3.05) is 6.26 Å². The minimum Gasteiger partial charge on any atom is -0.192 e. The second kappa shape index (κ2) is 2.90. The molecule has 0 amide bonds. The Labute approximate surface area is 62.3 Å². The fourth-order valence-electron chi connectivity index (χ4n) is 0.536. The molecule has 0 aliphatic carbocycles. The number of rotatable bonds is 1. The highest BCUT2D eigenvalue weighted by atomic mass is 32.2. The van der Waals surface area contributed by atoms with E-state index in [0.717, 1.165) is 9.77 Å². The van der Waals surface area contributed by atoms with E-state index in [2.05, 4.69) is 6.07 Å². The van der Waals surface area contributed by atoms with Crippen molar-refractivity contribution < 1.29 is 0 Å². The third-order valence-electron chi connectivity index (χ3n) is 0.936. The van der Waals surface area contributed by atoms with Crippen LogP contribution in [0, 0.1) is 11.3 Å². The molecule has 46 valence electrons. The molecule has 1 aromatic rings. The molecule has 0 N–H and O–H groups in total. The van der Waals surface area contributed by atoms with Crippen LogP contribution >= 0.6 is 23.1 Å². The van der Waals surface area contributed by atoms with Gasteiger partial charge in [-0.1, -0.05) is 0 Å². The maximum atomic E-state index is 8.48. The predicted molar refractivity (Wildman–Crippen MR) is 40.8 cm³/mol.